The van der Waals surface area contributed by atoms with E-state index in [9.17, 15) is 30.3 Å². The zero-order valence-corrected chi connectivity index (χ0v) is 52.0. The molecule has 1 rings (SSSR count). The van der Waals surface area contributed by atoms with Crippen LogP contribution in [0.5, 0.6) is 0 Å². The van der Waals surface area contributed by atoms with E-state index in [1.807, 2.05) is 6.08 Å². The van der Waals surface area contributed by atoms with Crippen LogP contribution in [0.25, 0.3) is 0 Å². The summed E-state index contributed by atoms with van der Waals surface area (Å²) in [4.78, 5) is 13.1. The van der Waals surface area contributed by atoms with E-state index in [0.29, 0.717) is 6.42 Å². The first-order valence-electron chi connectivity index (χ1n) is 34.9. The van der Waals surface area contributed by atoms with E-state index in [4.69, 9.17) is 9.47 Å². The number of allylic oxidation sites excluding steroid dienone is 1. The minimum absolute atomic E-state index is 0.168. The summed E-state index contributed by atoms with van der Waals surface area (Å²) < 4.78 is 11.3. The molecule has 1 aliphatic heterocycles. The molecular formula is C69H135NO8. The van der Waals surface area contributed by atoms with Crippen molar-refractivity contribution in [1.82, 2.24) is 5.32 Å². The number of aliphatic hydroxyl groups excluding tert-OH is 5. The highest BCUT2D eigenvalue weighted by atomic mass is 16.7. The summed E-state index contributed by atoms with van der Waals surface area (Å²) in [7, 11) is 0. The summed E-state index contributed by atoms with van der Waals surface area (Å²) in [6, 6.07) is -0.801. The van der Waals surface area contributed by atoms with Gasteiger partial charge in [0.1, 0.15) is 24.4 Å². The molecule has 0 saturated carbocycles. The standard InChI is InChI=1S/C69H135NO8/c1-3-5-7-9-11-13-15-17-19-21-22-23-24-25-26-27-28-29-30-31-32-33-34-35-36-37-38-39-40-41-43-45-47-49-51-53-55-57-59-65(73)70-62(61-77-69-68(76)67(75)66(74)64(60-71)78-69)63(72)58-56-54-52-50-48-46-44-42-20-18-16-14-12-10-8-6-4-2/h56,58,62-64,66-69,71-72,74-76H,3-55,57,59-61H2,1-2H3,(H,70,73)/b58-56+. The van der Waals surface area contributed by atoms with Gasteiger partial charge in [-0.1, -0.05) is 353 Å². The number of carbonyl (C=O) groups excluding carboxylic acids is 1. The van der Waals surface area contributed by atoms with E-state index in [0.717, 1.165) is 38.5 Å². The van der Waals surface area contributed by atoms with Gasteiger partial charge in [-0.25, -0.2) is 0 Å². The molecule has 9 heteroatoms. The van der Waals surface area contributed by atoms with E-state index in [2.05, 4.69) is 19.2 Å². The second kappa shape index (κ2) is 59.1. The van der Waals surface area contributed by atoms with Crippen molar-refractivity contribution in [2.45, 2.75) is 410 Å². The van der Waals surface area contributed by atoms with Crippen molar-refractivity contribution < 1.29 is 39.8 Å². The fourth-order valence-corrected chi connectivity index (χ4v) is 11.6. The summed E-state index contributed by atoms with van der Waals surface area (Å²) in [5.41, 5.74) is 0. The maximum Gasteiger partial charge on any atom is 0.220 e. The molecule has 0 spiro atoms. The van der Waals surface area contributed by atoms with Gasteiger partial charge in [-0.3, -0.25) is 4.79 Å². The van der Waals surface area contributed by atoms with Crippen LogP contribution in [0.3, 0.4) is 0 Å². The lowest BCUT2D eigenvalue weighted by molar-refractivity contribution is -0.302. The van der Waals surface area contributed by atoms with Crippen LogP contribution < -0.4 is 5.32 Å². The molecule has 7 atom stereocenters. The summed E-state index contributed by atoms with van der Waals surface area (Å²) in [6.07, 6.45) is 69.1. The molecule has 464 valence electrons. The topological polar surface area (TPSA) is 149 Å². The zero-order valence-electron chi connectivity index (χ0n) is 52.0. The van der Waals surface area contributed by atoms with Crippen LogP contribution in [0, 0.1) is 0 Å². The third-order valence-corrected chi connectivity index (χ3v) is 17.1. The van der Waals surface area contributed by atoms with Gasteiger partial charge in [0.2, 0.25) is 5.91 Å². The Morgan fingerprint density at radius 3 is 1.00 bits per heavy atom. The average Bonchev–Trinajstić information content (AvgIpc) is 3.45. The molecule has 1 fully saturated rings. The quantitative estimate of drug-likeness (QED) is 0.0261. The molecule has 7 unspecified atom stereocenters. The summed E-state index contributed by atoms with van der Waals surface area (Å²) >= 11 is 0. The number of amides is 1. The van der Waals surface area contributed by atoms with E-state index in [1.54, 1.807) is 6.08 Å². The molecule has 0 bridgehead atoms. The third-order valence-electron chi connectivity index (χ3n) is 17.1. The van der Waals surface area contributed by atoms with E-state index >= 15 is 0 Å². The number of hydrogen-bond acceptors (Lipinski definition) is 8. The van der Waals surface area contributed by atoms with Crippen molar-refractivity contribution in [3.8, 4) is 0 Å². The van der Waals surface area contributed by atoms with Crippen LogP contribution >= 0.6 is 0 Å². The molecule has 0 radical (unpaired) electrons. The van der Waals surface area contributed by atoms with E-state index in [1.165, 1.54) is 308 Å². The van der Waals surface area contributed by atoms with Gasteiger partial charge >= 0.3 is 0 Å². The van der Waals surface area contributed by atoms with Gasteiger partial charge in [-0.2, -0.15) is 0 Å². The maximum absolute atomic E-state index is 13.1. The summed E-state index contributed by atoms with van der Waals surface area (Å²) in [5.74, 6) is -0.168. The largest absolute Gasteiger partial charge is 0.394 e. The van der Waals surface area contributed by atoms with Gasteiger partial charge < -0.3 is 40.3 Å². The zero-order chi connectivity index (χ0) is 56.5. The summed E-state index contributed by atoms with van der Waals surface area (Å²) in [5, 5.41) is 54.6. The van der Waals surface area contributed by atoms with Crippen molar-refractivity contribution >= 4 is 5.91 Å². The lowest BCUT2D eigenvalue weighted by Crippen LogP contribution is -2.60. The second-order valence-electron chi connectivity index (χ2n) is 24.7. The number of hydrogen-bond donors (Lipinski definition) is 6. The fraction of sp³-hybridized carbons (Fsp3) is 0.957. The summed E-state index contributed by atoms with van der Waals surface area (Å²) in [6.45, 7) is 3.83. The van der Waals surface area contributed by atoms with Crippen LogP contribution in [0.2, 0.25) is 0 Å². The molecule has 0 aromatic heterocycles. The Bertz CT molecular complexity index is 1240. The van der Waals surface area contributed by atoms with Crippen molar-refractivity contribution in [3.63, 3.8) is 0 Å². The lowest BCUT2D eigenvalue weighted by Gasteiger charge is -2.40. The monoisotopic (exact) mass is 1110 g/mol. The third kappa shape index (κ3) is 47.4. The highest BCUT2D eigenvalue weighted by Crippen LogP contribution is 2.24. The molecule has 1 saturated heterocycles. The smallest absolute Gasteiger partial charge is 0.220 e. The van der Waals surface area contributed by atoms with E-state index < -0.39 is 49.5 Å². The molecule has 1 heterocycles. The van der Waals surface area contributed by atoms with Crippen LogP contribution in [-0.4, -0.2) is 87.5 Å². The van der Waals surface area contributed by atoms with E-state index in [-0.39, 0.29) is 12.5 Å². The molecule has 0 aliphatic carbocycles. The highest BCUT2D eigenvalue weighted by Gasteiger charge is 2.44. The maximum atomic E-state index is 13.1. The molecule has 6 N–H and O–H groups in total. The van der Waals surface area contributed by atoms with Gasteiger partial charge in [0.05, 0.1) is 25.4 Å². The van der Waals surface area contributed by atoms with Crippen LogP contribution in [0.15, 0.2) is 12.2 Å². The lowest BCUT2D eigenvalue weighted by atomic mass is 9.99. The SMILES string of the molecule is CCCCCCCCCCCCCCCCC/C=C/C(O)C(COC1OC(CO)C(O)C(O)C1O)NC(=O)CCCCCCCCCCCCCCCCCCCCCCCCCCCCCCCCCCCCCCCC. The number of nitrogens with one attached hydrogen (secondary N) is 1. The number of rotatable bonds is 62. The Morgan fingerprint density at radius 1 is 0.423 bits per heavy atom. The molecule has 9 nitrogen and oxygen atoms in total. The number of unbranched alkanes of at least 4 members (excludes halogenated alkanes) is 52. The number of ether oxygens (including phenoxy) is 2. The molecule has 0 aromatic rings. The average molecular weight is 1110 g/mol. The molecular weight excluding hydrogens is 971 g/mol. The van der Waals surface area contributed by atoms with Crippen molar-refractivity contribution in [1.29, 1.82) is 0 Å². The van der Waals surface area contributed by atoms with Crippen LogP contribution in [0.1, 0.15) is 367 Å². The highest BCUT2D eigenvalue weighted by molar-refractivity contribution is 5.76. The Balaban J connectivity index is 2.03. The van der Waals surface area contributed by atoms with Crippen molar-refractivity contribution in [2.75, 3.05) is 13.2 Å². The Hall–Kier alpha value is -1.07. The Kier molecular flexibility index (Phi) is 56.8. The predicted molar refractivity (Wildman–Crippen MR) is 332 cm³/mol. The minimum atomic E-state index is -1.56. The Labute approximate surface area is 484 Å². The second-order valence-corrected chi connectivity index (χ2v) is 24.7. The Morgan fingerprint density at radius 2 is 0.705 bits per heavy atom. The first kappa shape index (κ1) is 74.9. The van der Waals surface area contributed by atoms with Gasteiger partial charge in [0.25, 0.3) is 0 Å². The molecule has 78 heavy (non-hydrogen) atoms. The number of aliphatic hydroxyl groups is 5. The van der Waals surface area contributed by atoms with Crippen molar-refractivity contribution in [2.24, 2.45) is 0 Å². The molecule has 1 amide bonds. The number of carbonyl (C=O) groups is 1. The fourth-order valence-electron chi connectivity index (χ4n) is 11.6. The first-order chi connectivity index (χ1) is 38.3. The van der Waals surface area contributed by atoms with Gasteiger partial charge in [0.15, 0.2) is 6.29 Å². The molecule has 1 aliphatic rings. The van der Waals surface area contributed by atoms with Crippen LogP contribution in [0.4, 0.5) is 0 Å². The van der Waals surface area contributed by atoms with Crippen molar-refractivity contribution in [3.05, 3.63) is 12.2 Å². The van der Waals surface area contributed by atoms with Gasteiger partial charge in [-0.05, 0) is 19.3 Å². The normalized spacial score (nSPS) is 18.6. The molecule has 0 aromatic carbocycles. The first-order valence-corrected chi connectivity index (χ1v) is 34.9. The minimum Gasteiger partial charge on any atom is -0.394 e. The predicted octanol–water partition coefficient (Wildman–Crippen LogP) is 18.7. The van der Waals surface area contributed by atoms with Gasteiger partial charge in [0, 0.05) is 6.42 Å². The van der Waals surface area contributed by atoms with Crippen LogP contribution in [-0.2, 0) is 14.3 Å². The van der Waals surface area contributed by atoms with Gasteiger partial charge in [-0.15, -0.1) is 0 Å².